The lowest BCUT2D eigenvalue weighted by Crippen LogP contribution is -2.32. The third kappa shape index (κ3) is 3.92. The number of ether oxygens (including phenoxy) is 1. The molecule has 0 fully saturated rings. The maximum absolute atomic E-state index is 12.0. The number of hydrogen-bond donors (Lipinski definition) is 2. The van der Waals surface area contributed by atoms with Crippen LogP contribution in [0.15, 0.2) is 18.2 Å². The van der Waals surface area contributed by atoms with Gasteiger partial charge in [-0.2, -0.15) is 13.2 Å². The highest BCUT2D eigenvalue weighted by molar-refractivity contribution is 5.36. The minimum absolute atomic E-state index is 0.102. The van der Waals surface area contributed by atoms with Gasteiger partial charge in [-0.1, -0.05) is 18.2 Å². The Morgan fingerprint density at radius 3 is 2.68 bits per heavy atom. The maximum atomic E-state index is 12.0. The zero-order valence-corrected chi connectivity index (χ0v) is 10.5. The van der Waals surface area contributed by atoms with Crippen LogP contribution >= 0.6 is 0 Å². The van der Waals surface area contributed by atoms with E-state index < -0.39 is 18.8 Å². The van der Waals surface area contributed by atoms with Crippen LogP contribution in [0, 0.1) is 0 Å². The van der Waals surface area contributed by atoms with Crippen LogP contribution in [0.25, 0.3) is 0 Å². The standard InChI is InChI=1S/C13H17F3N2O/c14-13(15,16)8-19-7-12(18-17)11-5-4-9-2-1-3-10(9)6-11/h4-6,12,18H,1-3,7-8,17H2. The topological polar surface area (TPSA) is 47.3 Å². The molecule has 19 heavy (non-hydrogen) atoms. The second-order valence-corrected chi connectivity index (χ2v) is 4.73. The number of benzene rings is 1. The van der Waals surface area contributed by atoms with E-state index in [1.165, 1.54) is 11.1 Å². The Bertz CT molecular complexity index is 434. The Morgan fingerprint density at radius 2 is 2.00 bits per heavy atom. The molecule has 0 bridgehead atoms. The molecular weight excluding hydrogens is 257 g/mol. The predicted molar refractivity (Wildman–Crippen MR) is 65.4 cm³/mol. The Hall–Kier alpha value is -1.11. The Kier molecular flexibility index (Phi) is 4.44. The van der Waals surface area contributed by atoms with E-state index in [9.17, 15) is 13.2 Å². The average molecular weight is 274 g/mol. The van der Waals surface area contributed by atoms with Crippen LogP contribution in [-0.2, 0) is 17.6 Å². The summed E-state index contributed by atoms with van der Waals surface area (Å²) in [6.07, 6.45) is -1.09. The number of nitrogens with one attached hydrogen (secondary N) is 1. The third-order valence-corrected chi connectivity index (χ3v) is 3.28. The highest BCUT2D eigenvalue weighted by Gasteiger charge is 2.28. The summed E-state index contributed by atoms with van der Waals surface area (Å²) in [7, 11) is 0. The summed E-state index contributed by atoms with van der Waals surface area (Å²) in [5, 5.41) is 0. The molecule has 0 aliphatic heterocycles. The number of aryl methyl sites for hydroxylation is 2. The monoisotopic (exact) mass is 274 g/mol. The molecule has 1 aliphatic rings. The van der Waals surface area contributed by atoms with Crippen molar-refractivity contribution in [3.8, 4) is 0 Å². The van der Waals surface area contributed by atoms with Crippen molar-refractivity contribution in [3.05, 3.63) is 34.9 Å². The van der Waals surface area contributed by atoms with Gasteiger partial charge >= 0.3 is 6.18 Å². The molecule has 0 aromatic heterocycles. The zero-order chi connectivity index (χ0) is 13.9. The molecule has 0 spiro atoms. The van der Waals surface area contributed by atoms with Gasteiger partial charge in [-0.15, -0.1) is 0 Å². The first-order valence-corrected chi connectivity index (χ1v) is 6.22. The van der Waals surface area contributed by atoms with Gasteiger partial charge in [0.05, 0.1) is 12.6 Å². The largest absolute Gasteiger partial charge is 0.411 e. The van der Waals surface area contributed by atoms with E-state index in [1.807, 2.05) is 18.2 Å². The van der Waals surface area contributed by atoms with Gasteiger partial charge < -0.3 is 4.74 Å². The molecule has 106 valence electrons. The minimum atomic E-state index is -4.31. The molecule has 0 radical (unpaired) electrons. The van der Waals surface area contributed by atoms with Gasteiger partial charge in [-0.05, 0) is 36.0 Å². The van der Waals surface area contributed by atoms with Gasteiger partial charge in [0.1, 0.15) is 6.61 Å². The molecule has 1 unspecified atom stereocenters. The van der Waals surface area contributed by atoms with Crippen molar-refractivity contribution in [1.29, 1.82) is 0 Å². The summed E-state index contributed by atoms with van der Waals surface area (Å²) in [5.41, 5.74) is 5.94. The second-order valence-electron chi connectivity index (χ2n) is 4.73. The van der Waals surface area contributed by atoms with Crippen molar-refractivity contribution in [2.24, 2.45) is 5.84 Å². The van der Waals surface area contributed by atoms with Gasteiger partial charge in [-0.3, -0.25) is 11.3 Å². The molecule has 1 aromatic rings. The molecule has 6 heteroatoms. The number of fused-ring (bicyclic) bond motifs is 1. The van der Waals surface area contributed by atoms with E-state index in [4.69, 9.17) is 5.84 Å². The summed E-state index contributed by atoms with van der Waals surface area (Å²) in [4.78, 5) is 0. The van der Waals surface area contributed by atoms with Crippen LogP contribution < -0.4 is 11.3 Å². The number of rotatable bonds is 5. The second kappa shape index (κ2) is 5.90. The van der Waals surface area contributed by atoms with Gasteiger partial charge in [0.25, 0.3) is 0 Å². The van der Waals surface area contributed by atoms with E-state index >= 15 is 0 Å². The lowest BCUT2D eigenvalue weighted by atomic mass is 10.0. The quantitative estimate of drug-likeness (QED) is 0.639. The SMILES string of the molecule is NNC(COCC(F)(F)F)c1ccc2c(c1)CCC2. The summed E-state index contributed by atoms with van der Waals surface area (Å²) in [6.45, 7) is -1.36. The molecule has 2 rings (SSSR count). The Balaban J connectivity index is 1.97. The third-order valence-electron chi connectivity index (χ3n) is 3.28. The lowest BCUT2D eigenvalue weighted by Gasteiger charge is -2.18. The van der Waals surface area contributed by atoms with Crippen LogP contribution in [0.1, 0.15) is 29.2 Å². The number of nitrogens with two attached hydrogens (primary N) is 1. The maximum Gasteiger partial charge on any atom is 0.411 e. The number of hydrazine groups is 1. The number of halogens is 3. The molecule has 3 nitrogen and oxygen atoms in total. The molecule has 0 heterocycles. The normalized spacial score (nSPS) is 16.4. The van der Waals surface area contributed by atoms with Crippen molar-refractivity contribution in [3.63, 3.8) is 0 Å². The van der Waals surface area contributed by atoms with Gasteiger partial charge in [0, 0.05) is 0 Å². The van der Waals surface area contributed by atoms with Crippen molar-refractivity contribution in [2.45, 2.75) is 31.5 Å². The van der Waals surface area contributed by atoms with E-state index in [-0.39, 0.29) is 6.61 Å². The number of hydrogen-bond acceptors (Lipinski definition) is 3. The Morgan fingerprint density at radius 1 is 1.26 bits per heavy atom. The molecule has 0 amide bonds. The summed E-state index contributed by atoms with van der Waals surface area (Å²) >= 11 is 0. The fraction of sp³-hybridized carbons (Fsp3) is 0.538. The smallest absolute Gasteiger partial charge is 0.370 e. The molecule has 3 N–H and O–H groups in total. The van der Waals surface area contributed by atoms with Crippen LogP contribution in [0.4, 0.5) is 13.2 Å². The van der Waals surface area contributed by atoms with E-state index in [1.54, 1.807) is 0 Å². The minimum Gasteiger partial charge on any atom is -0.370 e. The predicted octanol–water partition coefficient (Wildman–Crippen LogP) is 2.26. The van der Waals surface area contributed by atoms with Crippen LogP contribution in [0.5, 0.6) is 0 Å². The zero-order valence-electron chi connectivity index (χ0n) is 10.5. The van der Waals surface area contributed by atoms with Crippen LogP contribution in [0.2, 0.25) is 0 Å². The summed E-state index contributed by atoms with van der Waals surface area (Å²) in [6, 6.07) is 5.49. The van der Waals surface area contributed by atoms with Gasteiger partial charge in [0.2, 0.25) is 0 Å². The first-order valence-electron chi connectivity index (χ1n) is 6.22. The fourth-order valence-corrected chi connectivity index (χ4v) is 2.34. The molecule has 1 aromatic carbocycles. The Labute approximate surface area is 109 Å². The summed E-state index contributed by atoms with van der Waals surface area (Å²) in [5.74, 6) is 5.39. The first-order chi connectivity index (χ1) is 8.99. The van der Waals surface area contributed by atoms with Gasteiger partial charge in [0.15, 0.2) is 0 Å². The van der Waals surface area contributed by atoms with Crippen molar-refractivity contribution >= 4 is 0 Å². The molecule has 1 aliphatic carbocycles. The van der Waals surface area contributed by atoms with E-state index in [2.05, 4.69) is 10.2 Å². The van der Waals surface area contributed by atoms with Crippen molar-refractivity contribution in [2.75, 3.05) is 13.2 Å². The molecule has 1 atom stereocenters. The highest BCUT2D eigenvalue weighted by Crippen LogP contribution is 2.25. The first kappa shape index (κ1) is 14.3. The molecule has 0 saturated heterocycles. The van der Waals surface area contributed by atoms with Crippen molar-refractivity contribution < 1.29 is 17.9 Å². The van der Waals surface area contributed by atoms with Crippen molar-refractivity contribution in [1.82, 2.24) is 5.43 Å². The lowest BCUT2D eigenvalue weighted by molar-refractivity contribution is -0.175. The van der Waals surface area contributed by atoms with Crippen LogP contribution in [-0.4, -0.2) is 19.4 Å². The summed E-state index contributed by atoms with van der Waals surface area (Å²) < 4.78 is 40.7. The number of alkyl halides is 3. The molecular formula is C13H17F3N2O. The van der Waals surface area contributed by atoms with E-state index in [0.29, 0.717) is 0 Å². The average Bonchev–Trinajstić information content (AvgIpc) is 2.80. The van der Waals surface area contributed by atoms with E-state index in [0.717, 1.165) is 24.8 Å². The highest BCUT2D eigenvalue weighted by atomic mass is 19.4. The van der Waals surface area contributed by atoms with Crippen LogP contribution in [0.3, 0.4) is 0 Å². The van der Waals surface area contributed by atoms with Gasteiger partial charge in [-0.25, -0.2) is 0 Å². The fourth-order valence-electron chi connectivity index (χ4n) is 2.34. The molecule has 0 saturated carbocycles.